The van der Waals surface area contributed by atoms with Crippen LogP contribution < -0.4 is 11.6 Å². The summed E-state index contributed by atoms with van der Waals surface area (Å²) in [6.07, 6.45) is 4.55. The van der Waals surface area contributed by atoms with Crippen molar-refractivity contribution in [3.8, 4) is 18.2 Å². The van der Waals surface area contributed by atoms with E-state index < -0.39 is 32.3 Å². The molecule has 5 N–H and O–H groups in total. The summed E-state index contributed by atoms with van der Waals surface area (Å²) < 4.78 is 39.1. The van der Waals surface area contributed by atoms with Gasteiger partial charge in [0.1, 0.15) is 35.3 Å². The average molecular weight is 1290 g/mol. The first-order valence-electron chi connectivity index (χ1n) is 25.1. The number of thiophene rings is 3. The van der Waals surface area contributed by atoms with E-state index in [2.05, 4.69) is 65.1 Å². The molecule has 16 nitrogen and oxygen atoms in total. The summed E-state index contributed by atoms with van der Waals surface area (Å²) >= 11 is 14.0. The quantitative estimate of drug-likeness (QED) is 0.0954. The molecular weight excluding hydrogens is 1220 g/mol. The number of rotatable bonds is 5. The highest BCUT2D eigenvalue weighted by atomic mass is 79.9. The Labute approximate surface area is 517 Å². The minimum absolute atomic E-state index is 0. The van der Waals surface area contributed by atoms with Crippen LogP contribution in [0.15, 0.2) is 89.2 Å². The van der Waals surface area contributed by atoms with E-state index in [1.54, 1.807) is 34.8 Å². The van der Waals surface area contributed by atoms with Crippen molar-refractivity contribution >= 4 is 129 Å². The van der Waals surface area contributed by atoms with Crippen LogP contribution in [0.5, 0.6) is 0 Å². The molecule has 8 aromatic rings. The van der Waals surface area contributed by atoms with Crippen LogP contribution >= 0.6 is 71.4 Å². The lowest BCUT2D eigenvalue weighted by atomic mass is 9.49. The average Bonchev–Trinajstić information content (AvgIpc) is 3.44. The molecule has 0 aromatic carbocycles. The van der Waals surface area contributed by atoms with E-state index in [1.165, 1.54) is 16.9 Å². The number of aryl methyl sites for hydroxylation is 2. The molecule has 1 unspecified atom stereocenters. The Hall–Kier alpha value is -4.90. The molecule has 3 saturated heterocycles. The fourth-order valence-corrected chi connectivity index (χ4v) is 10.9. The molecule has 11 heterocycles. The minimum Gasteiger partial charge on any atom is -0.412 e. The first kappa shape index (κ1) is 74.2. The van der Waals surface area contributed by atoms with Crippen LogP contribution in [0, 0.1) is 47.8 Å². The Bertz CT molecular complexity index is 3480. The van der Waals surface area contributed by atoms with Crippen molar-refractivity contribution in [1.29, 1.82) is 15.8 Å². The molecule has 0 bridgehead atoms. The fraction of sp³-hybridized carbons (Fsp3) is 0.404. The Balaban J connectivity index is 0.000000357. The molecule has 0 radical (unpaired) electrons. The van der Waals surface area contributed by atoms with Crippen LogP contribution in [0.25, 0.3) is 30.6 Å². The second-order valence-electron chi connectivity index (χ2n) is 21.8. The summed E-state index contributed by atoms with van der Waals surface area (Å²) in [5.74, 6) is 0. The third-order valence-electron chi connectivity index (χ3n) is 14.4. The topological polar surface area (TPSA) is 258 Å². The van der Waals surface area contributed by atoms with Crippen LogP contribution in [-0.2, 0) is 39.7 Å². The molecule has 11 rings (SSSR count). The molecular formula is C57H74B3BrClFN9O7PS3. The number of aromatic nitrogens is 5. The lowest BCUT2D eigenvalue weighted by molar-refractivity contribution is 0.00578. The normalized spacial score (nSPS) is 16.7. The lowest BCUT2D eigenvalue weighted by Gasteiger charge is -2.32. The summed E-state index contributed by atoms with van der Waals surface area (Å²) in [4.78, 5) is 21.1. The standard InChI is InChI=1S/C15H11N3S.C14H15BN2O2S.C12H24B2O4.C8H3ClN2S.C7H8BrN.CH4.FH.H3N.H2O.H3P/c1-10-2-3-11(9-17-10)6-12-7-13(8-16)18-14-4-5-19-15(12)14;1-13(2)14(3,4)19-15(18-13)10-7-9(8-16)17-11-5-6-20-12(10)11;1-9(2)10(3,4)16-13(15-9)14-17-11(5,6)12(7,8)18-14;9-6-3-5(4-10)11-7-1-2-12-8(6)7;1-6-2-3-7(4-8)5-9-6;;;;;/h2-5,7,9H,6H2,1H3;5-7H,1-4H3;1-8H3;1-3H;2-3,5H,4H2,1H3;1H4;1H;1H3;1H2;1H3. The van der Waals surface area contributed by atoms with Gasteiger partial charge in [0.25, 0.3) is 0 Å². The maximum atomic E-state index is 9.12. The van der Waals surface area contributed by atoms with E-state index in [0.29, 0.717) is 22.1 Å². The zero-order valence-corrected chi connectivity index (χ0v) is 54.8. The number of halogens is 3. The first-order chi connectivity index (χ1) is 36.6. The van der Waals surface area contributed by atoms with Gasteiger partial charge in [-0.25, -0.2) is 15.0 Å². The zero-order valence-electron chi connectivity index (χ0n) is 48.6. The van der Waals surface area contributed by atoms with Gasteiger partial charge in [0, 0.05) is 41.0 Å². The molecule has 0 saturated carbocycles. The van der Waals surface area contributed by atoms with Gasteiger partial charge in [-0.2, -0.15) is 25.7 Å². The van der Waals surface area contributed by atoms with Gasteiger partial charge in [0.2, 0.25) is 0 Å². The van der Waals surface area contributed by atoms with E-state index in [9.17, 15) is 0 Å². The van der Waals surface area contributed by atoms with Gasteiger partial charge >= 0.3 is 21.1 Å². The predicted molar refractivity (Wildman–Crippen MR) is 348 cm³/mol. The van der Waals surface area contributed by atoms with Crippen molar-refractivity contribution in [3.05, 3.63) is 139 Å². The Kier molecular flexibility index (Phi) is 26.8. The number of alkyl halides is 1. The smallest absolute Gasteiger partial charge is 0.412 e. The summed E-state index contributed by atoms with van der Waals surface area (Å²) in [5.41, 5.74) is 8.00. The van der Waals surface area contributed by atoms with Gasteiger partial charge < -0.3 is 39.6 Å². The third-order valence-corrected chi connectivity index (χ3v) is 18.3. The molecule has 83 heavy (non-hydrogen) atoms. The van der Waals surface area contributed by atoms with E-state index in [4.69, 9.17) is 55.3 Å². The second kappa shape index (κ2) is 30.0. The summed E-state index contributed by atoms with van der Waals surface area (Å²) in [7, 11) is -1.41. The van der Waals surface area contributed by atoms with Gasteiger partial charge in [-0.05, 0) is 178 Å². The van der Waals surface area contributed by atoms with Gasteiger partial charge in [-0.3, -0.25) is 14.7 Å². The maximum Gasteiger partial charge on any atom is 0.496 e. The van der Waals surface area contributed by atoms with Gasteiger partial charge in [0.15, 0.2) is 0 Å². The Morgan fingerprint density at radius 2 is 0.904 bits per heavy atom. The van der Waals surface area contributed by atoms with Crippen molar-refractivity contribution < 1.29 is 38.1 Å². The molecule has 3 aliphatic rings. The van der Waals surface area contributed by atoms with Crippen molar-refractivity contribution in [2.24, 2.45) is 0 Å². The zero-order chi connectivity index (χ0) is 57.0. The Morgan fingerprint density at radius 1 is 0.542 bits per heavy atom. The van der Waals surface area contributed by atoms with Crippen LogP contribution in [-0.4, -0.2) is 85.1 Å². The molecule has 1 atom stereocenters. The SMILES string of the molecule is C.CC1(C)OB(B2OC(C)(C)C(C)(C)O2)OC1(C)C.CC1(C)OB(c2cc(C#N)nc3ccsc23)OC1(C)C.Cc1ccc(CBr)cn1.Cc1ccc(Cc2cc(C#N)nc3ccsc23)cn1.F.N.N#Cc1cc(Cl)c2sccc2n1.O.P. The number of pyridine rings is 5. The molecule has 0 spiro atoms. The highest BCUT2D eigenvalue weighted by Gasteiger charge is 2.63. The van der Waals surface area contributed by atoms with Gasteiger partial charge in [-0.15, -0.1) is 34.0 Å². The molecule has 0 amide bonds. The lowest BCUT2D eigenvalue weighted by Crippen LogP contribution is -2.41. The number of fused-ring (bicyclic) bond motifs is 3. The summed E-state index contributed by atoms with van der Waals surface area (Å²) in [6.45, 7) is 28.2. The van der Waals surface area contributed by atoms with Crippen LogP contribution in [0.4, 0.5) is 4.70 Å². The van der Waals surface area contributed by atoms with E-state index >= 15 is 0 Å². The molecule has 8 aromatic heterocycles. The second-order valence-corrected chi connectivity index (χ2v) is 25.5. The monoisotopic (exact) mass is 1290 g/mol. The van der Waals surface area contributed by atoms with Crippen molar-refractivity contribution in [2.75, 3.05) is 0 Å². The number of hydrogen-bond acceptors (Lipinski definition) is 18. The fourth-order valence-electron chi connectivity index (χ4n) is 7.77. The van der Waals surface area contributed by atoms with Crippen LogP contribution in [0.2, 0.25) is 5.02 Å². The highest BCUT2D eigenvalue weighted by molar-refractivity contribution is 9.08. The van der Waals surface area contributed by atoms with E-state index in [1.807, 2.05) is 168 Å². The third kappa shape index (κ3) is 17.4. The largest absolute Gasteiger partial charge is 0.496 e. The van der Waals surface area contributed by atoms with Crippen LogP contribution in [0.1, 0.15) is 136 Å². The molecule has 442 valence electrons. The van der Waals surface area contributed by atoms with Crippen molar-refractivity contribution in [2.45, 2.75) is 150 Å². The van der Waals surface area contributed by atoms with Gasteiger partial charge in [-0.1, -0.05) is 47.1 Å². The van der Waals surface area contributed by atoms with E-state index in [-0.39, 0.29) is 56.1 Å². The predicted octanol–water partition coefficient (Wildman–Crippen LogP) is 13.5. The molecule has 26 heteroatoms. The number of hydrogen-bond donors (Lipinski definition) is 1. The van der Waals surface area contributed by atoms with Crippen LogP contribution in [0.3, 0.4) is 0 Å². The first-order valence-corrected chi connectivity index (χ1v) is 29.2. The molecule has 0 aliphatic carbocycles. The van der Waals surface area contributed by atoms with Crippen molar-refractivity contribution in [3.63, 3.8) is 0 Å². The van der Waals surface area contributed by atoms with Gasteiger partial charge in [0.05, 0.1) is 69.3 Å². The Morgan fingerprint density at radius 3 is 1.31 bits per heavy atom. The maximum absolute atomic E-state index is 9.12. The summed E-state index contributed by atoms with van der Waals surface area (Å²) in [6, 6.07) is 25.3. The molecule has 3 fully saturated rings. The number of nitriles is 3. The minimum atomic E-state index is -0.476. The van der Waals surface area contributed by atoms with Crippen molar-refractivity contribution in [1.82, 2.24) is 31.1 Å². The highest BCUT2D eigenvalue weighted by Crippen LogP contribution is 2.43. The summed E-state index contributed by atoms with van der Waals surface area (Å²) in [5, 5.41) is 34.1. The molecule has 3 aliphatic heterocycles. The van der Waals surface area contributed by atoms with E-state index in [0.717, 1.165) is 70.4 Å². The number of nitrogens with zero attached hydrogens (tertiary/aromatic N) is 8.